The zero-order valence-electron chi connectivity index (χ0n) is 9.61. The van der Waals surface area contributed by atoms with E-state index >= 15 is 0 Å². The number of aryl methyl sites for hydroxylation is 2. The summed E-state index contributed by atoms with van der Waals surface area (Å²) in [6, 6.07) is 0. The SMILES string of the molecule is CCc1nn(C)cc1Nc1nc(N)ncc1Br. The molecule has 0 aliphatic heterocycles. The number of nitrogen functional groups attached to an aromatic ring is 1. The summed E-state index contributed by atoms with van der Waals surface area (Å²) in [4.78, 5) is 8.01. The summed E-state index contributed by atoms with van der Waals surface area (Å²) < 4.78 is 2.53. The van der Waals surface area contributed by atoms with Gasteiger partial charge in [-0.2, -0.15) is 10.1 Å². The average molecular weight is 297 g/mol. The summed E-state index contributed by atoms with van der Waals surface area (Å²) in [5.74, 6) is 0.873. The summed E-state index contributed by atoms with van der Waals surface area (Å²) in [6.45, 7) is 2.05. The molecule has 2 aromatic heterocycles. The fourth-order valence-electron chi connectivity index (χ4n) is 1.50. The molecule has 0 spiro atoms. The predicted octanol–water partition coefficient (Wildman–Crippen LogP) is 1.86. The van der Waals surface area contributed by atoms with Gasteiger partial charge in [-0.25, -0.2) is 4.98 Å². The van der Waals surface area contributed by atoms with Crippen LogP contribution in [-0.4, -0.2) is 19.7 Å². The summed E-state index contributed by atoms with van der Waals surface area (Å²) in [6.07, 6.45) is 4.37. The summed E-state index contributed by atoms with van der Waals surface area (Å²) >= 11 is 3.37. The fourth-order valence-corrected chi connectivity index (χ4v) is 1.79. The van der Waals surface area contributed by atoms with Crippen molar-refractivity contribution in [3.8, 4) is 0 Å². The lowest BCUT2D eigenvalue weighted by atomic mass is 10.3. The van der Waals surface area contributed by atoms with Crippen LogP contribution in [0, 0.1) is 0 Å². The molecule has 2 rings (SSSR count). The van der Waals surface area contributed by atoms with Crippen LogP contribution in [0.4, 0.5) is 17.5 Å². The Balaban J connectivity index is 2.33. The van der Waals surface area contributed by atoms with E-state index in [1.165, 1.54) is 0 Å². The van der Waals surface area contributed by atoms with Crippen molar-refractivity contribution in [3.63, 3.8) is 0 Å². The van der Waals surface area contributed by atoms with Gasteiger partial charge in [-0.05, 0) is 22.4 Å². The molecule has 2 heterocycles. The molecule has 0 fully saturated rings. The molecular weight excluding hydrogens is 284 g/mol. The van der Waals surface area contributed by atoms with Crippen molar-refractivity contribution in [1.29, 1.82) is 0 Å². The molecule has 0 atom stereocenters. The van der Waals surface area contributed by atoms with Crippen molar-refractivity contribution >= 4 is 33.4 Å². The molecule has 17 heavy (non-hydrogen) atoms. The number of aromatic nitrogens is 4. The van der Waals surface area contributed by atoms with Gasteiger partial charge in [0.1, 0.15) is 5.82 Å². The first-order valence-corrected chi connectivity index (χ1v) is 5.97. The molecule has 0 unspecified atom stereocenters. The van der Waals surface area contributed by atoms with E-state index in [1.807, 2.05) is 13.2 Å². The van der Waals surface area contributed by atoms with Gasteiger partial charge in [-0.3, -0.25) is 4.68 Å². The minimum absolute atomic E-state index is 0.234. The van der Waals surface area contributed by atoms with E-state index in [0.717, 1.165) is 22.3 Å². The molecule has 0 radical (unpaired) electrons. The van der Waals surface area contributed by atoms with Crippen LogP contribution in [-0.2, 0) is 13.5 Å². The Labute approximate surface area is 107 Å². The van der Waals surface area contributed by atoms with E-state index < -0.39 is 0 Å². The zero-order valence-corrected chi connectivity index (χ0v) is 11.2. The average Bonchev–Trinajstić information content (AvgIpc) is 2.64. The third-order valence-electron chi connectivity index (χ3n) is 2.26. The fraction of sp³-hybridized carbons (Fsp3) is 0.300. The van der Waals surface area contributed by atoms with Crippen LogP contribution in [0.3, 0.4) is 0 Å². The Hall–Kier alpha value is -1.63. The van der Waals surface area contributed by atoms with Gasteiger partial charge in [0.05, 0.1) is 15.9 Å². The Kier molecular flexibility index (Phi) is 3.28. The topological polar surface area (TPSA) is 81.7 Å². The Bertz CT molecular complexity index is 536. The quantitative estimate of drug-likeness (QED) is 0.903. The van der Waals surface area contributed by atoms with E-state index in [1.54, 1.807) is 10.9 Å². The van der Waals surface area contributed by atoms with Crippen LogP contribution >= 0.6 is 15.9 Å². The highest BCUT2D eigenvalue weighted by Crippen LogP contribution is 2.25. The normalized spacial score (nSPS) is 10.5. The lowest BCUT2D eigenvalue weighted by Gasteiger charge is -2.06. The van der Waals surface area contributed by atoms with Crippen molar-refractivity contribution < 1.29 is 0 Å². The summed E-state index contributed by atoms with van der Waals surface area (Å²) in [5.41, 5.74) is 7.46. The van der Waals surface area contributed by atoms with Crippen LogP contribution in [0.2, 0.25) is 0 Å². The van der Waals surface area contributed by atoms with Gasteiger partial charge >= 0.3 is 0 Å². The maximum absolute atomic E-state index is 5.55. The number of nitrogens with zero attached hydrogens (tertiary/aromatic N) is 4. The van der Waals surface area contributed by atoms with Gasteiger partial charge < -0.3 is 11.1 Å². The second-order valence-electron chi connectivity index (χ2n) is 3.57. The highest BCUT2D eigenvalue weighted by molar-refractivity contribution is 9.10. The molecule has 0 saturated carbocycles. The number of nitrogens with one attached hydrogen (secondary N) is 1. The van der Waals surface area contributed by atoms with E-state index in [4.69, 9.17) is 5.73 Å². The maximum Gasteiger partial charge on any atom is 0.222 e. The highest BCUT2D eigenvalue weighted by atomic mass is 79.9. The Morgan fingerprint density at radius 3 is 3.00 bits per heavy atom. The molecule has 90 valence electrons. The van der Waals surface area contributed by atoms with Gasteiger partial charge in [0, 0.05) is 19.4 Å². The van der Waals surface area contributed by atoms with E-state index in [-0.39, 0.29) is 5.95 Å². The van der Waals surface area contributed by atoms with Crippen LogP contribution in [0.15, 0.2) is 16.9 Å². The number of nitrogens with two attached hydrogens (primary N) is 1. The van der Waals surface area contributed by atoms with E-state index in [0.29, 0.717) is 5.82 Å². The number of hydrogen-bond donors (Lipinski definition) is 2. The molecule has 0 aliphatic rings. The lowest BCUT2D eigenvalue weighted by Crippen LogP contribution is -2.01. The number of hydrogen-bond acceptors (Lipinski definition) is 5. The smallest absolute Gasteiger partial charge is 0.222 e. The van der Waals surface area contributed by atoms with Crippen LogP contribution in [0.25, 0.3) is 0 Å². The molecule has 2 aromatic rings. The van der Waals surface area contributed by atoms with Crippen molar-refractivity contribution in [2.24, 2.45) is 7.05 Å². The van der Waals surface area contributed by atoms with Crippen molar-refractivity contribution in [2.75, 3.05) is 11.1 Å². The Morgan fingerprint density at radius 1 is 1.53 bits per heavy atom. The monoisotopic (exact) mass is 296 g/mol. The van der Waals surface area contributed by atoms with E-state index in [2.05, 4.69) is 43.2 Å². The molecule has 3 N–H and O–H groups in total. The van der Waals surface area contributed by atoms with Crippen molar-refractivity contribution in [2.45, 2.75) is 13.3 Å². The van der Waals surface area contributed by atoms with Crippen molar-refractivity contribution in [1.82, 2.24) is 19.7 Å². The third kappa shape index (κ3) is 2.55. The molecular formula is C10H13BrN6. The minimum Gasteiger partial charge on any atom is -0.368 e. The van der Waals surface area contributed by atoms with Crippen LogP contribution in [0.5, 0.6) is 0 Å². The van der Waals surface area contributed by atoms with Gasteiger partial charge in [-0.15, -0.1) is 0 Å². The maximum atomic E-state index is 5.55. The van der Waals surface area contributed by atoms with Crippen molar-refractivity contribution in [3.05, 3.63) is 22.6 Å². The molecule has 0 aromatic carbocycles. The second-order valence-corrected chi connectivity index (χ2v) is 4.42. The second kappa shape index (κ2) is 4.70. The summed E-state index contributed by atoms with van der Waals surface area (Å²) in [7, 11) is 1.88. The zero-order chi connectivity index (χ0) is 12.4. The molecule has 0 amide bonds. The van der Waals surface area contributed by atoms with Crippen LogP contribution in [0.1, 0.15) is 12.6 Å². The first kappa shape index (κ1) is 11.8. The van der Waals surface area contributed by atoms with Gasteiger partial charge in [0.15, 0.2) is 0 Å². The number of halogens is 1. The van der Waals surface area contributed by atoms with Gasteiger partial charge in [0.2, 0.25) is 5.95 Å². The van der Waals surface area contributed by atoms with E-state index in [9.17, 15) is 0 Å². The lowest BCUT2D eigenvalue weighted by molar-refractivity contribution is 0.746. The largest absolute Gasteiger partial charge is 0.368 e. The highest BCUT2D eigenvalue weighted by Gasteiger charge is 2.09. The molecule has 6 nitrogen and oxygen atoms in total. The first-order chi connectivity index (χ1) is 8.10. The molecule has 7 heteroatoms. The van der Waals surface area contributed by atoms with Gasteiger partial charge in [-0.1, -0.05) is 6.92 Å². The number of anilines is 3. The summed E-state index contributed by atoms with van der Waals surface area (Å²) in [5, 5.41) is 7.53. The predicted molar refractivity (Wildman–Crippen MR) is 70.0 cm³/mol. The van der Waals surface area contributed by atoms with Gasteiger partial charge in [0.25, 0.3) is 0 Å². The molecule has 0 saturated heterocycles. The minimum atomic E-state index is 0.234. The third-order valence-corrected chi connectivity index (χ3v) is 2.84. The number of rotatable bonds is 3. The standard InChI is InChI=1S/C10H13BrN6/c1-3-7-8(5-17(2)16-7)14-9-6(11)4-13-10(12)15-9/h4-5H,3H2,1-2H3,(H3,12,13,14,15). The first-order valence-electron chi connectivity index (χ1n) is 5.17. The molecule has 0 bridgehead atoms. The van der Waals surface area contributed by atoms with Crippen LogP contribution < -0.4 is 11.1 Å². The molecule has 0 aliphatic carbocycles. The Morgan fingerprint density at radius 2 is 2.29 bits per heavy atom.